The second kappa shape index (κ2) is 7.31. The van der Waals surface area contributed by atoms with Crippen LogP contribution in [0.3, 0.4) is 0 Å². The summed E-state index contributed by atoms with van der Waals surface area (Å²) in [6, 6.07) is 14.2. The summed E-state index contributed by atoms with van der Waals surface area (Å²) in [6.45, 7) is 1.66. The Hall–Kier alpha value is -2.93. The van der Waals surface area contributed by atoms with Crippen LogP contribution >= 0.6 is 15.9 Å². The lowest BCUT2D eigenvalue weighted by Crippen LogP contribution is -2.18. The van der Waals surface area contributed by atoms with Gasteiger partial charge in [-0.05, 0) is 25.1 Å². The summed E-state index contributed by atoms with van der Waals surface area (Å²) in [5.41, 5.74) is 4.46. The Labute approximate surface area is 152 Å². The lowest BCUT2D eigenvalue weighted by Gasteiger charge is -2.02. The number of rotatable bonds is 4. The number of hydrogen-bond acceptors (Lipinski definition) is 5. The number of amides is 1. The number of hydrogen-bond donors (Lipinski definition) is 2. The van der Waals surface area contributed by atoms with Gasteiger partial charge in [0.2, 0.25) is 0 Å². The van der Waals surface area contributed by atoms with Crippen LogP contribution in [0, 0.1) is 6.92 Å². The maximum atomic E-state index is 12.5. The van der Waals surface area contributed by atoms with Crippen molar-refractivity contribution in [3.05, 3.63) is 69.9 Å². The average molecular weight is 400 g/mol. The lowest BCUT2D eigenvalue weighted by molar-refractivity contribution is 0.0954. The molecule has 3 aromatic rings. The Morgan fingerprint density at radius 2 is 2.04 bits per heavy atom. The molecule has 0 aliphatic carbocycles. The summed E-state index contributed by atoms with van der Waals surface area (Å²) < 4.78 is 5.95. The molecule has 1 amide bonds. The quantitative estimate of drug-likeness (QED) is 0.514. The molecule has 0 saturated carbocycles. The van der Waals surface area contributed by atoms with E-state index in [4.69, 9.17) is 4.52 Å². The molecule has 0 aliphatic heterocycles. The summed E-state index contributed by atoms with van der Waals surface area (Å²) in [5.74, 6) is 0.0209. The molecule has 0 bridgehead atoms. The van der Waals surface area contributed by atoms with Gasteiger partial charge in [-0.1, -0.05) is 51.4 Å². The molecule has 6 nitrogen and oxygen atoms in total. The normalized spacial score (nSPS) is 11.0. The molecule has 0 unspecified atom stereocenters. The number of carbonyl (C=O) groups is 1. The van der Waals surface area contributed by atoms with E-state index in [9.17, 15) is 9.90 Å². The lowest BCUT2D eigenvalue weighted by atomic mass is 10.1. The fourth-order valence-corrected chi connectivity index (χ4v) is 2.66. The molecular formula is C18H14BrN3O3. The highest BCUT2D eigenvalue weighted by atomic mass is 79.9. The highest BCUT2D eigenvalue weighted by Gasteiger charge is 2.21. The van der Waals surface area contributed by atoms with E-state index >= 15 is 0 Å². The van der Waals surface area contributed by atoms with Crippen LogP contribution in [0.1, 0.15) is 21.7 Å². The number of nitrogens with one attached hydrogen (secondary N) is 1. The standard InChI is InChI=1S/C18H14BrN3O3/c1-11-16(17(22-25-11)12-5-3-2-4-6-12)18(24)21-20-10-13-9-14(19)7-8-15(13)23/h2-10,23H,1H3,(H,21,24)/b20-10+. The van der Waals surface area contributed by atoms with Gasteiger partial charge in [0.25, 0.3) is 5.91 Å². The molecular weight excluding hydrogens is 386 g/mol. The maximum Gasteiger partial charge on any atom is 0.277 e. The Morgan fingerprint density at radius 3 is 2.80 bits per heavy atom. The number of halogens is 1. The van der Waals surface area contributed by atoms with Gasteiger partial charge in [0.05, 0.1) is 6.21 Å². The summed E-state index contributed by atoms with van der Waals surface area (Å²) in [5, 5.41) is 17.6. The topological polar surface area (TPSA) is 87.7 Å². The van der Waals surface area contributed by atoms with Crippen molar-refractivity contribution in [2.75, 3.05) is 0 Å². The Balaban J connectivity index is 1.82. The van der Waals surface area contributed by atoms with Crippen LogP contribution in [0.5, 0.6) is 5.75 Å². The first-order chi connectivity index (χ1) is 12.1. The molecule has 2 N–H and O–H groups in total. The number of carbonyl (C=O) groups excluding carboxylic acids is 1. The van der Waals surface area contributed by atoms with Gasteiger partial charge in [0, 0.05) is 15.6 Å². The molecule has 0 atom stereocenters. The van der Waals surface area contributed by atoms with Gasteiger partial charge >= 0.3 is 0 Å². The van der Waals surface area contributed by atoms with Gasteiger partial charge in [0.1, 0.15) is 22.8 Å². The summed E-state index contributed by atoms with van der Waals surface area (Å²) in [4.78, 5) is 12.5. The van der Waals surface area contributed by atoms with E-state index in [1.165, 1.54) is 12.3 Å². The minimum atomic E-state index is -0.441. The largest absolute Gasteiger partial charge is 0.507 e. The first-order valence-corrected chi connectivity index (χ1v) is 8.19. The van der Waals surface area contributed by atoms with Gasteiger partial charge in [-0.15, -0.1) is 0 Å². The van der Waals surface area contributed by atoms with E-state index in [1.54, 1.807) is 19.1 Å². The predicted molar refractivity (Wildman–Crippen MR) is 97.5 cm³/mol. The van der Waals surface area contributed by atoms with E-state index in [-0.39, 0.29) is 5.75 Å². The van der Waals surface area contributed by atoms with Crippen molar-refractivity contribution in [3.8, 4) is 17.0 Å². The number of nitrogens with zero attached hydrogens (tertiary/aromatic N) is 2. The maximum absolute atomic E-state index is 12.5. The molecule has 126 valence electrons. The molecule has 25 heavy (non-hydrogen) atoms. The molecule has 0 aliphatic rings. The monoisotopic (exact) mass is 399 g/mol. The van der Waals surface area contributed by atoms with Crippen molar-refractivity contribution >= 4 is 28.1 Å². The highest BCUT2D eigenvalue weighted by molar-refractivity contribution is 9.10. The van der Waals surface area contributed by atoms with Gasteiger partial charge in [-0.2, -0.15) is 5.10 Å². The van der Waals surface area contributed by atoms with Crippen LogP contribution in [0.4, 0.5) is 0 Å². The second-order valence-electron chi connectivity index (χ2n) is 5.23. The third-order valence-electron chi connectivity index (χ3n) is 3.50. The van der Waals surface area contributed by atoms with Crippen molar-refractivity contribution in [1.29, 1.82) is 0 Å². The van der Waals surface area contributed by atoms with Crippen molar-refractivity contribution < 1.29 is 14.4 Å². The predicted octanol–water partition coefficient (Wildman–Crippen LogP) is 3.88. The van der Waals surface area contributed by atoms with E-state index in [0.29, 0.717) is 22.6 Å². The molecule has 0 saturated heterocycles. The second-order valence-corrected chi connectivity index (χ2v) is 6.15. The van der Waals surface area contributed by atoms with Gasteiger partial charge in [-0.3, -0.25) is 4.79 Å². The molecule has 0 spiro atoms. The SMILES string of the molecule is Cc1onc(-c2ccccc2)c1C(=O)N/N=C/c1cc(Br)ccc1O. The Morgan fingerprint density at radius 1 is 1.28 bits per heavy atom. The van der Waals surface area contributed by atoms with Crippen LogP contribution in [-0.2, 0) is 0 Å². The Bertz CT molecular complexity index is 936. The van der Waals surface area contributed by atoms with Crippen molar-refractivity contribution in [1.82, 2.24) is 10.6 Å². The van der Waals surface area contributed by atoms with Crippen LogP contribution in [0.15, 0.2) is 62.6 Å². The van der Waals surface area contributed by atoms with Crippen molar-refractivity contribution in [2.45, 2.75) is 6.92 Å². The van der Waals surface area contributed by atoms with E-state index in [2.05, 4.69) is 31.6 Å². The third kappa shape index (κ3) is 3.77. The number of phenols is 1. The first kappa shape index (κ1) is 16.9. The number of aryl methyl sites for hydroxylation is 1. The first-order valence-electron chi connectivity index (χ1n) is 7.40. The summed E-state index contributed by atoms with van der Waals surface area (Å²) >= 11 is 3.31. The van der Waals surface area contributed by atoms with Crippen LogP contribution in [0.2, 0.25) is 0 Å². The molecule has 2 aromatic carbocycles. The zero-order chi connectivity index (χ0) is 17.8. The van der Waals surface area contributed by atoms with Crippen LogP contribution in [0.25, 0.3) is 11.3 Å². The summed E-state index contributed by atoms with van der Waals surface area (Å²) in [6.07, 6.45) is 1.36. The highest BCUT2D eigenvalue weighted by Crippen LogP contribution is 2.25. The molecule has 0 radical (unpaired) electrons. The molecule has 7 heteroatoms. The summed E-state index contributed by atoms with van der Waals surface area (Å²) in [7, 11) is 0. The molecule has 1 aromatic heterocycles. The fraction of sp³-hybridized carbons (Fsp3) is 0.0556. The van der Waals surface area contributed by atoms with E-state index in [1.807, 2.05) is 30.3 Å². The minimum Gasteiger partial charge on any atom is -0.507 e. The fourth-order valence-electron chi connectivity index (χ4n) is 2.28. The third-order valence-corrected chi connectivity index (χ3v) is 3.99. The minimum absolute atomic E-state index is 0.0623. The number of hydrazone groups is 1. The zero-order valence-corrected chi connectivity index (χ0v) is 14.8. The van der Waals surface area contributed by atoms with Gasteiger partial charge in [-0.25, -0.2) is 5.43 Å². The number of benzene rings is 2. The van der Waals surface area contributed by atoms with Crippen molar-refractivity contribution in [3.63, 3.8) is 0 Å². The van der Waals surface area contributed by atoms with Gasteiger partial charge in [0.15, 0.2) is 0 Å². The number of aromatic hydroxyl groups is 1. The van der Waals surface area contributed by atoms with E-state index in [0.717, 1.165) is 10.0 Å². The Kier molecular flexibility index (Phi) is 4.95. The molecule has 1 heterocycles. The van der Waals surface area contributed by atoms with E-state index < -0.39 is 5.91 Å². The average Bonchev–Trinajstić information content (AvgIpc) is 3.00. The van der Waals surface area contributed by atoms with Crippen LogP contribution in [-0.4, -0.2) is 22.4 Å². The van der Waals surface area contributed by atoms with Crippen LogP contribution < -0.4 is 5.43 Å². The van der Waals surface area contributed by atoms with Crippen molar-refractivity contribution in [2.24, 2.45) is 5.10 Å². The molecule has 3 rings (SSSR count). The van der Waals surface area contributed by atoms with Gasteiger partial charge < -0.3 is 9.63 Å². The number of phenolic OH excluding ortho intramolecular Hbond substituents is 1. The number of aromatic nitrogens is 1. The zero-order valence-electron chi connectivity index (χ0n) is 13.2. The smallest absolute Gasteiger partial charge is 0.277 e. The molecule has 0 fully saturated rings.